The van der Waals surface area contributed by atoms with Gasteiger partial charge in [0.1, 0.15) is 29.8 Å². The average molecular weight is 248 g/mol. The molecule has 0 aliphatic rings. The van der Waals surface area contributed by atoms with Gasteiger partial charge in [-0.1, -0.05) is 17.7 Å². The molecule has 0 bridgehead atoms. The summed E-state index contributed by atoms with van der Waals surface area (Å²) in [6.45, 7) is 0.304. The highest BCUT2D eigenvalue weighted by molar-refractivity contribution is 6.31. The molecule has 0 saturated heterocycles. The predicted molar refractivity (Wildman–Crippen MR) is 63.7 cm³/mol. The first-order valence-corrected chi connectivity index (χ1v) is 5.38. The van der Waals surface area contributed by atoms with Gasteiger partial charge in [0.25, 0.3) is 0 Å². The van der Waals surface area contributed by atoms with Gasteiger partial charge in [0.15, 0.2) is 0 Å². The lowest BCUT2D eigenvalue weighted by molar-refractivity contribution is 0.291. The van der Waals surface area contributed by atoms with Crippen LogP contribution in [0, 0.1) is 11.3 Å². The van der Waals surface area contributed by atoms with Crippen molar-refractivity contribution in [2.45, 2.75) is 6.61 Å². The summed E-state index contributed by atoms with van der Waals surface area (Å²) in [7, 11) is 1.88. The van der Waals surface area contributed by atoms with Crippen LogP contribution < -0.4 is 4.74 Å². The van der Waals surface area contributed by atoms with E-state index in [0.717, 1.165) is 5.82 Å². The highest BCUT2D eigenvalue weighted by atomic mass is 35.5. The molecule has 4 nitrogen and oxygen atoms in total. The normalized spacial score (nSPS) is 9.94. The second-order valence-electron chi connectivity index (χ2n) is 3.47. The highest BCUT2D eigenvalue weighted by Gasteiger charge is 2.08. The van der Waals surface area contributed by atoms with Gasteiger partial charge in [0, 0.05) is 19.4 Å². The van der Waals surface area contributed by atoms with Crippen molar-refractivity contribution in [1.82, 2.24) is 9.55 Å². The van der Waals surface area contributed by atoms with E-state index in [1.807, 2.05) is 23.9 Å². The van der Waals surface area contributed by atoms with Gasteiger partial charge in [0.05, 0.1) is 5.02 Å². The van der Waals surface area contributed by atoms with Crippen LogP contribution in [0.5, 0.6) is 5.75 Å². The van der Waals surface area contributed by atoms with Crippen molar-refractivity contribution >= 4 is 11.6 Å². The maximum atomic E-state index is 8.98. The second-order valence-corrected chi connectivity index (χ2v) is 3.88. The summed E-state index contributed by atoms with van der Waals surface area (Å²) in [6.07, 6.45) is 3.53. The van der Waals surface area contributed by atoms with Crippen molar-refractivity contribution in [2.24, 2.45) is 7.05 Å². The summed E-state index contributed by atoms with van der Waals surface area (Å²) in [5.74, 6) is 1.26. The summed E-state index contributed by atoms with van der Waals surface area (Å²) in [5.41, 5.74) is 0.350. The number of nitriles is 1. The van der Waals surface area contributed by atoms with E-state index in [2.05, 4.69) is 4.98 Å². The third-order valence-corrected chi connectivity index (χ3v) is 2.68. The lowest BCUT2D eigenvalue weighted by atomic mass is 10.2. The molecular formula is C12H10ClN3O. The number of halogens is 1. The lowest BCUT2D eigenvalue weighted by Crippen LogP contribution is -2.03. The van der Waals surface area contributed by atoms with Crippen LogP contribution in [0.2, 0.25) is 5.02 Å². The van der Waals surface area contributed by atoms with E-state index in [0.29, 0.717) is 22.9 Å². The molecule has 0 radical (unpaired) electrons. The Balaban J connectivity index is 2.18. The Kier molecular flexibility index (Phi) is 3.31. The van der Waals surface area contributed by atoms with Crippen LogP contribution in [-0.2, 0) is 13.7 Å². The minimum atomic E-state index is 0.304. The molecule has 0 saturated carbocycles. The molecule has 0 unspecified atom stereocenters. The molecule has 2 aromatic rings. The molecule has 5 heteroatoms. The van der Waals surface area contributed by atoms with Gasteiger partial charge in [-0.3, -0.25) is 0 Å². The van der Waals surface area contributed by atoms with E-state index >= 15 is 0 Å². The van der Waals surface area contributed by atoms with E-state index in [1.165, 1.54) is 0 Å². The minimum Gasteiger partial charge on any atom is -0.484 e. The number of benzene rings is 1. The van der Waals surface area contributed by atoms with Crippen LogP contribution in [0.25, 0.3) is 0 Å². The van der Waals surface area contributed by atoms with Gasteiger partial charge in [-0.05, 0) is 12.1 Å². The van der Waals surface area contributed by atoms with E-state index < -0.39 is 0 Å². The summed E-state index contributed by atoms with van der Waals surface area (Å²) in [6, 6.07) is 7.15. The Hall–Kier alpha value is -1.99. The topological polar surface area (TPSA) is 50.8 Å². The van der Waals surface area contributed by atoms with Gasteiger partial charge in [-0.25, -0.2) is 4.98 Å². The van der Waals surface area contributed by atoms with Crippen LogP contribution >= 0.6 is 11.6 Å². The Morgan fingerprint density at radius 3 is 3.00 bits per heavy atom. The van der Waals surface area contributed by atoms with Crippen molar-refractivity contribution < 1.29 is 4.74 Å². The number of hydrogen-bond acceptors (Lipinski definition) is 3. The molecule has 0 atom stereocenters. The fourth-order valence-corrected chi connectivity index (χ4v) is 1.62. The van der Waals surface area contributed by atoms with Crippen molar-refractivity contribution in [2.75, 3.05) is 0 Å². The van der Waals surface area contributed by atoms with E-state index in [1.54, 1.807) is 24.4 Å². The molecular weight excluding hydrogens is 238 g/mol. The zero-order valence-corrected chi connectivity index (χ0v) is 9.98. The number of aryl methyl sites for hydroxylation is 1. The Labute approximate surface area is 104 Å². The molecule has 0 fully saturated rings. The number of ether oxygens (including phenoxy) is 1. The fourth-order valence-electron chi connectivity index (χ4n) is 1.41. The maximum absolute atomic E-state index is 8.98. The zero-order valence-electron chi connectivity index (χ0n) is 9.22. The standard InChI is InChI=1S/C12H10ClN3O/c1-16-6-5-15-12(16)8-17-11-4-2-3-10(13)9(11)7-14/h2-6H,8H2,1H3. The lowest BCUT2D eigenvalue weighted by Gasteiger charge is -2.08. The zero-order chi connectivity index (χ0) is 12.3. The maximum Gasteiger partial charge on any atom is 0.146 e. The monoisotopic (exact) mass is 247 g/mol. The molecule has 1 aromatic heterocycles. The van der Waals surface area contributed by atoms with Crippen LogP contribution in [0.3, 0.4) is 0 Å². The third kappa shape index (κ3) is 2.40. The highest BCUT2D eigenvalue weighted by Crippen LogP contribution is 2.25. The van der Waals surface area contributed by atoms with Crippen molar-refractivity contribution in [1.29, 1.82) is 5.26 Å². The molecule has 1 heterocycles. The first kappa shape index (κ1) is 11.5. The molecule has 0 aliphatic heterocycles. The quantitative estimate of drug-likeness (QED) is 0.838. The third-order valence-electron chi connectivity index (χ3n) is 2.36. The summed E-state index contributed by atoms with van der Waals surface area (Å²) >= 11 is 5.90. The molecule has 17 heavy (non-hydrogen) atoms. The van der Waals surface area contributed by atoms with Crippen molar-refractivity contribution in [3.8, 4) is 11.8 Å². The van der Waals surface area contributed by atoms with Crippen molar-refractivity contribution in [3.63, 3.8) is 0 Å². The number of aromatic nitrogens is 2. The molecule has 1 aromatic carbocycles. The Morgan fingerprint density at radius 2 is 2.35 bits per heavy atom. The Morgan fingerprint density at radius 1 is 1.53 bits per heavy atom. The summed E-state index contributed by atoms with van der Waals surface area (Å²) in [5, 5.41) is 9.37. The molecule has 0 amide bonds. The number of imidazole rings is 1. The van der Waals surface area contributed by atoms with Crippen LogP contribution in [0.15, 0.2) is 30.6 Å². The summed E-state index contributed by atoms with van der Waals surface area (Å²) in [4.78, 5) is 4.13. The van der Waals surface area contributed by atoms with Gasteiger partial charge in [0.2, 0.25) is 0 Å². The average Bonchev–Trinajstić information content (AvgIpc) is 2.72. The van der Waals surface area contributed by atoms with Crippen LogP contribution in [-0.4, -0.2) is 9.55 Å². The van der Waals surface area contributed by atoms with Gasteiger partial charge in [-0.15, -0.1) is 0 Å². The molecule has 0 aliphatic carbocycles. The summed E-state index contributed by atoms with van der Waals surface area (Å²) < 4.78 is 7.40. The minimum absolute atomic E-state index is 0.304. The Bertz CT molecular complexity index is 571. The smallest absolute Gasteiger partial charge is 0.146 e. The second kappa shape index (κ2) is 4.89. The fraction of sp³-hybridized carbons (Fsp3) is 0.167. The number of nitrogens with zero attached hydrogens (tertiary/aromatic N) is 3. The van der Waals surface area contributed by atoms with Crippen molar-refractivity contribution in [3.05, 3.63) is 47.0 Å². The van der Waals surface area contributed by atoms with Gasteiger partial charge >= 0.3 is 0 Å². The first-order chi connectivity index (χ1) is 8.22. The number of hydrogen-bond donors (Lipinski definition) is 0. The largest absolute Gasteiger partial charge is 0.484 e. The SMILES string of the molecule is Cn1ccnc1COc1cccc(Cl)c1C#N. The first-order valence-electron chi connectivity index (χ1n) is 5.00. The van der Waals surface area contributed by atoms with Crippen LogP contribution in [0.1, 0.15) is 11.4 Å². The van der Waals surface area contributed by atoms with E-state index in [-0.39, 0.29) is 0 Å². The number of rotatable bonds is 3. The molecule has 86 valence electrons. The molecule has 0 spiro atoms. The molecule has 0 N–H and O–H groups in total. The van der Waals surface area contributed by atoms with Gasteiger partial charge in [-0.2, -0.15) is 5.26 Å². The molecule has 2 rings (SSSR count). The van der Waals surface area contributed by atoms with Gasteiger partial charge < -0.3 is 9.30 Å². The van der Waals surface area contributed by atoms with E-state index in [9.17, 15) is 0 Å². The van der Waals surface area contributed by atoms with Crippen LogP contribution in [0.4, 0.5) is 0 Å². The van der Waals surface area contributed by atoms with E-state index in [4.69, 9.17) is 21.6 Å². The predicted octanol–water partition coefficient (Wildman–Crippen LogP) is 2.52.